The molecule has 0 saturated carbocycles. The number of carbonyl (C=O) groups excluding carboxylic acids is 1. The Morgan fingerprint density at radius 2 is 1.50 bits per heavy atom. The van der Waals surface area contributed by atoms with Gasteiger partial charge in [0.1, 0.15) is 11.5 Å². The highest BCUT2D eigenvalue weighted by Crippen LogP contribution is 2.56. The fourth-order valence-corrected chi connectivity index (χ4v) is 5.79. The van der Waals surface area contributed by atoms with E-state index < -0.39 is 0 Å². The van der Waals surface area contributed by atoms with E-state index in [2.05, 4.69) is 23.6 Å². The first-order valence-electron chi connectivity index (χ1n) is 9.36. The molecule has 4 bridgehead atoms. The van der Waals surface area contributed by atoms with Crippen molar-refractivity contribution < 1.29 is 9.90 Å². The molecule has 0 aromatic heterocycles. The average Bonchev–Trinajstić information content (AvgIpc) is 2.53. The van der Waals surface area contributed by atoms with Crippen molar-refractivity contribution in [3.05, 3.63) is 29.8 Å². The summed E-state index contributed by atoms with van der Waals surface area (Å²) >= 11 is 0. The lowest BCUT2D eigenvalue weighted by molar-refractivity contribution is -0.205. The molecule has 4 saturated heterocycles. The topological polar surface area (TPSA) is 43.8 Å². The number of nitrogens with zero attached hydrogens (tertiary/aromatic N) is 2. The molecule has 5 rings (SSSR count). The maximum Gasteiger partial charge on any atom is 0.150 e. The van der Waals surface area contributed by atoms with Crippen LogP contribution in [0.3, 0.4) is 0 Å². The van der Waals surface area contributed by atoms with Gasteiger partial charge in [-0.05, 0) is 18.9 Å². The fourth-order valence-electron chi connectivity index (χ4n) is 5.79. The van der Waals surface area contributed by atoms with Crippen molar-refractivity contribution >= 4 is 5.78 Å². The number of rotatable bonds is 5. The molecule has 1 N–H and O–H groups in total. The lowest BCUT2D eigenvalue weighted by atomic mass is 9.57. The fraction of sp³-hybridized carbons (Fsp3) is 0.650. The summed E-state index contributed by atoms with van der Waals surface area (Å²) in [6.07, 6.45) is 4.19. The zero-order valence-electron chi connectivity index (χ0n) is 14.8. The van der Waals surface area contributed by atoms with E-state index in [9.17, 15) is 9.90 Å². The zero-order chi connectivity index (χ0) is 16.9. The summed E-state index contributed by atoms with van der Waals surface area (Å²) in [5.41, 5.74) is 0.602. The third kappa shape index (κ3) is 2.09. The number of benzene rings is 1. The van der Waals surface area contributed by atoms with Gasteiger partial charge in [-0.2, -0.15) is 0 Å². The minimum Gasteiger partial charge on any atom is -0.508 e. The Hall–Kier alpha value is -1.39. The van der Waals surface area contributed by atoms with E-state index in [-0.39, 0.29) is 17.0 Å². The highest BCUT2D eigenvalue weighted by molar-refractivity contribution is 5.93. The Balaban J connectivity index is 1.75. The molecule has 0 spiro atoms. The highest BCUT2D eigenvalue weighted by Gasteiger charge is 2.64. The van der Waals surface area contributed by atoms with Crippen LogP contribution in [-0.4, -0.2) is 46.9 Å². The third-order valence-corrected chi connectivity index (χ3v) is 6.35. The van der Waals surface area contributed by atoms with Crippen molar-refractivity contribution in [3.8, 4) is 5.75 Å². The van der Waals surface area contributed by atoms with Crippen LogP contribution >= 0.6 is 0 Å². The van der Waals surface area contributed by atoms with Crippen molar-refractivity contribution in [2.24, 2.45) is 10.8 Å². The van der Waals surface area contributed by atoms with Crippen molar-refractivity contribution in [1.82, 2.24) is 9.80 Å². The predicted octanol–water partition coefficient (Wildman–Crippen LogP) is 3.18. The number of phenols is 1. The Bertz CT molecular complexity index is 613. The van der Waals surface area contributed by atoms with E-state index in [1.807, 2.05) is 18.2 Å². The third-order valence-electron chi connectivity index (χ3n) is 6.35. The summed E-state index contributed by atoms with van der Waals surface area (Å²) in [6.45, 7) is 7.76. The van der Waals surface area contributed by atoms with Gasteiger partial charge >= 0.3 is 0 Å². The molecule has 1 aromatic rings. The molecule has 4 aliphatic heterocycles. The highest BCUT2D eigenvalue weighted by atomic mass is 16.3. The number of carbonyl (C=O) groups is 1. The molecular formula is C20H28N2O2. The van der Waals surface area contributed by atoms with Crippen molar-refractivity contribution in [2.75, 3.05) is 26.2 Å². The van der Waals surface area contributed by atoms with E-state index in [0.717, 1.165) is 57.4 Å². The maximum absolute atomic E-state index is 13.4. The first-order chi connectivity index (χ1) is 11.6. The second-order valence-electron chi connectivity index (χ2n) is 8.13. The average molecular weight is 328 g/mol. The zero-order valence-corrected chi connectivity index (χ0v) is 14.8. The Kier molecular flexibility index (Phi) is 3.73. The molecule has 4 nitrogen and oxygen atoms in total. The number of phenolic OH excluding ortho intramolecular Hbond substituents is 1. The summed E-state index contributed by atoms with van der Waals surface area (Å²) in [5.74, 6) is 0.900. The van der Waals surface area contributed by atoms with Crippen LogP contribution in [0.4, 0.5) is 0 Å². The summed E-state index contributed by atoms with van der Waals surface area (Å²) in [7, 11) is 0. The molecule has 130 valence electrons. The Morgan fingerprint density at radius 3 is 1.96 bits per heavy atom. The van der Waals surface area contributed by atoms with E-state index in [1.54, 1.807) is 6.07 Å². The quantitative estimate of drug-likeness (QED) is 0.901. The van der Waals surface area contributed by atoms with E-state index in [4.69, 9.17) is 0 Å². The molecule has 4 aliphatic rings. The van der Waals surface area contributed by atoms with Crippen LogP contribution in [0.25, 0.3) is 0 Å². The summed E-state index contributed by atoms with van der Waals surface area (Å²) in [5, 5.41) is 10.4. The van der Waals surface area contributed by atoms with Crippen molar-refractivity contribution in [3.63, 3.8) is 0 Å². The molecule has 4 heterocycles. The van der Waals surface area contributed by atoms with E-state index in [0.29, 0.717) is 11.5 Å². The number of hydrogen-bond donors (Lipinski definition) is 1. The summed E-state index contributed by atoms with van der Waals surface area (Å²) in [6, 6.07) is 7.68. The Morgan fingerprint density at radius 1 is 1.00 bits per heavy atom. The van der Waals surface area contributed by atoms with Crippen LogP contribution in [0.5, 0.6) is 5.75 Å². The van der Waals surface area contributed by atoms with Crippen LogP contribution in [0.2, 0.25) is 0 Å². The number of para-hydroxylation sites is 1. The van der Waals surface area contributed by atoms with Gasteiger partial charge in [-0.25, -0.2) is 0 Å². The van der Waals surface area contributed by atoms with Gasteiger partial charge in [0.2, 0.25) is 0 Å². The van der Waals surface area contributed by atoms with Gasteiger partial charge in [-0.1, -0.05) is 44.9 Å². The minimum absolute atomic E-state index is 0.120. The molecule has 4 heteroatoms. The first-order valence-corrected chi connectivity index (χ1v) is 9.36. The van der Waals surface area contributed by atoms with Crippen LogP contribution in [0, 0.1) is 10.8 Å². The number of Topliss-reactive ketones (excluding diaryl/α,β-unsaturated/α-hetero) is 1. The molecule has 0 radical (unpaired) electrons. The van der Waals surface area contributed by atoms with Crippen LogP contribution in [0.15, 0.2) is 24.3 Å². The largest absolute Gasteiger partial charge is 0.508 e. The standard InChI is InChI=1S/C20H28N2O2/c1-3-9-19-11-21-13-20(10-4-2,18(19)24)14-22(12-19)17(21)15-7-5-6-8-16(15)23/h5-8,17,23H,3-4,9-14H2,1-2H3. The molecule has 0 amide bonds. The minimum atomic E-state index is -0.193. The molecule has 4 fully saturated rings. The number of piperidine rings is 2. The molecule has 0 aliphatic carbocycles. The lowest BCUT2D eigenvalue weighted by Crippen LogP contribution is -2.76. The lowest BCUT2D eigenvalue weighted by Gasteiger charge is -2.66. The summed E-state index contributed by atoms with van der Waals surface area (Å²) in [4.78, 5) is 18.3. The van der Waals surface area contributed by atoms with E-state index in [1.165, 1.54) is 0 Å². The van der Waals surface area contributed by atoms with Crippen LogP contribution in [-0.2, 0) is 4.79 Å². The molecule has 1 aromatic carbocycles. The number of hydrogen-bond acceptors (Lipinski definition) is 4. The van der Waals surface area contributed by atoms with Crippen LogP contribution < -0.4 is 0 Å². The second-order valence-corrected chi connectivity index (χ2v) is 8.13. The predicted molar refractivity (Wildman–Crippen MR) is 93.7 cm³/mol. The first kappa shape index (κ1) is 16.1. The number of aromatic hydroxyl groups is 1. The number of ketones is 1. The van der Waals surface area contributed by atoms with Gasteiger partial charge in [0.25, 0.3) is 0 Å². The van der Waals surface area contributed by atoms with Gasteiger partial charge in [-0.15, -0.1) is 0 Å². The van der Waals surface area contributed by atoms with E-state index >= 15 is 0 Å². The molecule has 24 heavy (non-hydrogen) atoms. The van der Waals surface area contributed by atoms with Crippen molar-refractivity contribution in [1.29, 1.82) is 0 Å². The van der Waals surface area contributed by atoms with Gasteiger partial charge < -0.3 is 5.11 Å². The smallest absolute Gasteiger partial charge is 0.150 e. The van der Waals surface area contributed by atoms with Gasteiger partial charge in [-0.3, -0.25) is 14.6 Å². The van der Waals surface area contributed by atoms with Crippen LogP contribution in [0.1, 0.15) is 51.3 Å². The Labute approximate surface area is 144 Å². The SMILES string of the molecule is CCCC12CN3CC(CCC)(CN(C1)C3c1ccccc1O)C2=O. The van der Waals surface area contributed by atoms with Gasteiger partial charge in [0.05, 0.1) is 17.0 Å². The monoisotopic (exact) mass is 328 g/mol. The molecule has 0 atom stereocenters. The molecular weight excluding hydrogens is 300 g/mol. The second kappa shape index (κ2) is 5.57. The maximum atomic E-state index is 13.4. The molecule has 0 unspecified atom stereocenters. The van der Waals surface area contributed by atoms with Crippen molar-refractivity contribution in [2.45, 2.75) is 45.7 Å². The summed E-state index contributed by atoms with van der Waals surface area (Å²) < 4.78 is 0. The van der Waals surface area contributed by atoms with Gasteiger partial charge in [0, 0.05) is 31.7 Å². The normalized spacial score (nSPS) is 40.2. The van der Waals surface area contributed by atoms with Gasteiger partial charge in [0.15, 0.2) is 0 Å².